The average molecular weight is 320 g/mol. The summed E-state index contributed by atoms with van der Waals surface area (Å²) in [5.74, 6) is 0.601. The van der Waals surface area contributed by atoms with E-state index in [1.807, 2.05) is 0 Å². The molecule has 1 aromatic carbocycles. The molecule has 128 valence electrons. The number of benzene rings is 1. The number of hydrogen-bond acceptors (Lipinski definition) is 5. The zero-order chi connectivity index (χ0) is 16.8. The number of amides is 1. The van der Waals surface area contributed by atoms with Crippen LogP contribution in [0.4, 0.5) is 11.4 Å². The van der Waals surface area contributed by atoms with E-state index in [2.05, 4.69) is 29.0 Å². The van der Waals surface area contributed by atoms with Gasteiger partial charge in [0.2, 0.25) is 5.91 Å². The van der Waals surface area contributed by atoms with Crippen LogP contribution in [0, 0.1) is 0 Å². The van der Waals surface area contributed by atoms with E-state index in [0.29, 0.717) is 17.1 Å². The molecule has 1 saturated heterocycles. The van der Waals surface area contributed by atoms with Gasteiger partial charge < -0.3 is 20.7 Å². The first-order valence-corrected chi connectivity index (χ1v) is 8.29. The van der Waals surface area contributed by atoms with Crippen molar-refractivity contribution in [1.82, 2.24) is 9.80 Å². The molecule has 1 aliphatic rings. The van der Waals surface area contributed by atoms with E-state index < -0.39 is 0 Å². The van der Waals surface area contributed by atoms with Crippen LogP contribution in [0.25, 0.3) is 0 Å². The number of anilines is 2. The molecule has 0 aromatic heterocycles. The molecule has 1 fully saturated rings. The molecule has 0 bridgehead atoms. The Kier molecular flexibility index (Phi) is 6.24. The van der Waals surface area contributed by atoms with E-state index in [9.17, 15) is 4.79 Å². The molecule has 1 unspecified atom stereocenters. The van der Waals surface area contributed by atoms with Gasteiger partial charge in [-0.25, -0.2) is 0 Å². The molecule has 1 heterocycles. The van der Waals surface area contributed by atoms with E-state index >= 15 is 0 Å². The summed E-state index contributed by atoms with van der Waals surface area (Å²) in [5, 5.41) is 2.99. The molecule has 1 amide bonds. The molecule has 23 heavy (non-hydrogen) atoms. The number of methoxy groups -OCH3 is 1. The van der Waals surface area contributed by atoms with Gasteiger partial charge in [-0.3, -0.25) is 9.69 Å². The Morgan fingerprint density at radius 3 is 2.57 bits per heavy atom. The Labute approximate surface area is 138 Å². The summed E-state index contributed by atoms with van der Waals surface area (Å²) in [6.45, 7) is 9.19. The summed E-state index contributed by atoms with van der Waals surface area (Å²) >= 11 is 0. The molecule has 6 nitrogen and oxygen atoms in total. The minimum Gasteiger partial charge on any atom is -0.494 e. The van der Waals surface area contributed by atoms with Gasteiger partial charge >= 0.3 is 0 Å². The largest absolute Gasteiger partial charge is 0.494 e. The number of nitrogens with zero attached hydrogens (tertiary/aromatic N) is 2. The maximum absolute atomic E-state index is 12.7. The Morgan fingerprint density at radius 2 is 2.00 bits per heavy atom. The lowest BCUT2D eigenvalue weighted by molar-refractivity contribution is -0.122. The maximum atomic E-state index is 12.7. The van der Waals surface area contributed by atoms with Gasteiger partial charge in [0.25, 0.3) is 0 Å². The summed E-state index contributed by atoms with van der Waals surface area (Å²) in [6, 6.07) is 5.15. The average Bonchev–Trinajstić information content (AvgIpc) is 2.57. The number of carbonyl (C=O) groups excluding carboxylic acids is 1. The van der Waals surface area contributed by atoms with Gasteiger partial charge in [-0.15, -0.1) is 0 Å². The predicted molar refractivity (Wildman–Crippen MR) is 93.8 cm³/mol. The fourth-order valence-electron chi connectivity index (χ4n) is 3.03. The van der Waals surface area contributed by atoms with Crippen molar-refractivity contribution in [3.63, 3.8) is 0 Å². The third kappa shape index (κ3) is 4.36. The molecule has 0 spiro atoms. The van der Waals surface area contributed by atoms with E-state index in [4.69, 9.17) is 10.5 Å². The Hall–Kier alpha value is -1.79. The zero-order valence-corrected chi connectivity index (χ0v) is 14.3. The van der Waals surface area contributed by atoms with E-state index in [0.717, 1.165) is 39.1 Å². The molecule has 1 atom stereocenters. The number of carbonyl (C=O) groups is 1. The van der Waals surface area contributed by atoms with Gasteiger partial charge in [0, 0.05) is 37.9 Å². The first-order chi connectivity index (χ1) is 11.1. The van der Waals surface area contributed by atoms with Crippen molar-refractivity contribution in [3.8, 4) is 5.75 Å². The Morgan fingerprint density at radius 1 is 1.30 bits per heavy atom. The lowest BCUT2D eigenvalue weighted by Crippen LogP contribution is -2.53. The van der Waals surface area contributed by atoms with Crippen molar-refractivity contribution in [2.24, 2.45) is 0 Å². The zero-order valence-electron chi connectivity index (χ0n) is 14.3. The van der Waals surface area contributed by atoms with Gasteiger partial charge in [0.15, 0.2) is 0 Å². The number of ether oxygens (including phenoxy) is 1. The minimum atomic E-state index is -0.115. The van der Waals surface area contributed by atoms with Crippen LogP contribution < -0.4 is 15.8 Å². The molecule has 0 aliphatic carbocycles. The molecule has 1 aromatic rings. The van der Waals surface area contributed by atoms with Crippen LogP contribution in [0.15, 0.2) is 18.2 Å². The molecular formula is C17H28N4O2. The van der Waals surface area contributed by atoms with Crippen LogP contribution >= 0.6 is 0 Å². The number of rotatable bonds is 6. The number of hydrogen-bond donors (Lipinski definition) is 2. The highest BCUT2D eigenvalue weighted by molar-refractivity contribution is 5.96. The van der Waals surface area contributed by atoms with Gasteiger partial charge in [0.05, 0.1) is 18.8 Å². The third-order valence-corrected chi connectivity index (χ3v) is 4.47. The number of likely N-dealkylation sites (N-methyl/N-ethyl adjacent to an activating group) is 1. The highest BCUT2D eigenvalue weighted by Crippen LogP contribution is 2.27. The smallest absolute Gasteiger partial charge is 0.241 e. The van der Waals surface area contributed by atoms with Crippen LogP contribution in [0.2, 0.25) is 0 Å². The van der Waals surface area contributed by atoms with E-state index in [1.165, 1.54) is 0 Å². The van der Waals surface area contributed by atoms with Crippen molar-refractivity contribution in [2.75, 3.05) is 50.9 Å². The summed E-state index contributed by atoms with van der Waals surface area (Å²) in [5.41, 5.74) is 7.04. The second-order valence-corrected chi connectivity index (χ2v) is 5.84. The number of nitrogens with two attached hydrogens (primary N) is 1. The minimum absolute atomic E-state index is 0.0144. The van der Waals surface area contributed by atoms with Crippen molar-refractivity contribution in [3.05, 3.63) is 18.2 Å². The number of piperazine rings is 1. The van der Waals surface area contributed by atoms with Gasteiger partial charge in [-0.05, 0) is 25.1 Å². The normalized spacial score (nSPS) is 17.7. The predicted octanol–water partition coefficient (Wildman–Crippen LogP) is 1.63. The standard InChI is InChI=1S/C17H28N4O2/c1-4-15(21-10-8-20(5-2)9-11-21)17(22)19-14-7-6-13(18)12-16(14)23-3/h6-7,12,15H,4-5,8-11,18H2,1-3H3,(H,19,22). The van der Waals surface area contributed by atoms with Gasteiger partial charge in [0.1, 0.15) is 5.75 Å². The first kappa shape index (κ1) is 17.6. The van der Waals surface area contributed by atoms with Crippen LogP contribution in [-0.2, 0) is 4.79 Å². The molecule has 0 saturated carbocycles. The van der Waals surface area contributed by atoms with Crippen molar-refractivity contribution in [2.45, 2.75) is 26.3 Å². The molecular weight excluding hydrogens is 292 g/mol. The van der Waals surface area contributed by atoms with Crippen molar-refractivity contribution >= 4 is 17.3 Å². The molecule has 6 heteroatoms. The molecule has 1 aliphatic heterocycles. The van der Waals surface area contributed by atoms with Crippen molar-refractivity contribution in [1.29, 1.82) is 0 Å². The SMILES string of the molecule is CCC(C(=O)Nc1ccc(N)cc1OC)N1CCN(CC)CC1. The van der Waals surface area contributed by atoms with E-state index in [1.54, 1.807) is 25.3 Å². The third-order valence-electron chi connectivity index (χ3n) is 4.47. The maximum Gasteiger partial charge on any atom is 0.241 e. The highest BCUT2D eigenvalue weighted by Gasteiger charge is 2.27. The van der Waals surface area contributed by atoms with Crippen LogP contribution in [-0.4, -0.2) is 61.6 Å². The number of nitrogen functional groups attached to an aromatic ring is 1. The second-order valence-electron chi connectivity index (χ2n) is 5.84. The highest BCUT2D eigenvalue weighted by atomic mass is 16.5. The lowest BCUT2D eigenvalue weighted by Gasteiger charge is -2.38. The Bertz CT molecular complexity index is 527. The summed E-state index contributed by atoms with van der Waals surface area (Å²) in [4.78, 5) is 17.4. The van der Waals surface area contributed by atoms with Crippen LogP contribution in [0.1, 0.15) is 20.3 Å². The number of nitrogens with one attached hydrogen (secondary N) is 1. The fraction of sp³-hybridized carbons (Fsp3) is 0.588. The lowest BCUT2D eigenvalue weighted by atomic mass is 10.1. The van der Waals surface area contributed by atoms with Crippen LogP contribution in [0.5, 0.6) is 5.75 Å². The Balaban J connectivity index is 2.03. The summed E-state index contributed by atoms with van der Waals surface area (Å²) in [7, 11) is 1.58. The second kappa shape index (κ2) is 8.17. The molecule has 0 radical (unpaired) electrons. The van der Waals surface area contributed by atoms with Crippen LogP contribution in [0.3, 0.4) is 0 Å². The monoisotopic (exact) mass is 320 g/mol. The van der Waals surface area contributed by atoms with Gasteiger partial charge in [-0.2, -0.15) is 0 Å². The summed E-state index contributed by atoms with van der Waals surface area (Å²) < 4.78 is 5.30. The van der Waals surface area contributed by atoms with Crippen molar-refractivity contribution < 1.29 is 9.53 Å². The summed E-state index contributed by atoms with van der Waals surface area (Å²) in [6.07, 6.45) is 0.787. The topological polar surface area (TPSA) is 70.8 Å². The van der Waals surface area contributed by atoms with E-state index in [-0.39, 0.29) is 11.9 Å². The molecule has 2 rings (SSSR count). The van der Waals surface area contributed by atoms with Gasteiger partial charge in [-0.1, -0.05) is 13.8 Å². The molecule has 3 N–H and O–H groups in total. The first-order valence-electron chi connectivity index (χ1n) is 8.29. The quantitative estimate of drug-likeness (QED) is 0.780. The fourth-order valence-corrected chi connectivity index (χ4v) is 3.03.